The van der Waals surface area contributed by atoms with Crippen molar-refractivity contribution in [1.29, 1.82) is 0 Å². The zero-order valence-corrected chi connectivity index (χ0v) is 9.34. The molecule has 92 valence electrons. The lowest BCUT2D eigenvalue weighted by Crippen LogP contribution is -2.18. The van der Waals surface area contributed by atoms with E-state index in [-0.39, 0.29) is 24.1 Å². The number of carboxylic acids is 1. The van der Waals surface area contributed by atoms with E-state index in [4.69, 9.17) is 5.11 Å². The van der Waals surface area contributed by atoms with E-state index in [0.29, 0.717) is 0 Å². The third-order valence-corrected chi connectivity index (χ3v) is 3.16. The maximum Gasteiger partial charge on any atom is 0.307 e. The third kappa shape index (κ3) is 2.15. The molecule has 1 aromatic rings. The molecular formula is C12H13F2NO2. The predicted molar refractivity (Wildman–Crippen MR) is 57.6 cm³/mol. The lowest BCUT2D eigenvalue weighted by molar-refractivity contribution is -0.141. The number of halogens is 2. The maximum absolute atomic E-state index is 13.7. The molecule has 2 atom stereocenters. The number of rotatable bonds is 2. The summed E-state index contributed by atoms with van der Waals surface area (Å²) < 4.78 is 27.1. The number of hydrogen-bond acceptors (Lipinski definition) is 2. The van der Waals surface area contributed by atoms with Crippen molar-refractivity contribution < 1.29 is 18.7 Å². The van der Waals surface area contributed by atoms with E-state index in [2.05, 4.69) is 5.32 Å². The Kier molecular flexibility index (Phi) is 3.11. The molecule has 0 spiro atoms. The summed E-state index contributed by atoms with van der Waals surface area (Å²) in [6.45, 7) is 1.78. The molecule has 0 amide bonds. The van der Waals surface area contributed by atoms with E-state index in [9.17, 15) is 13.6 Å². The van der Waals surface area contributed by atoms with Crippen molar-refractivity contribution in [3.8, 4) is 0 Å². The summed E-state index contributed by atoms with van der Waals surface area (Å²) in [5.41, 5.74) is 0.455. The Hall–Kier alpha value is -1.49. The first-order chi connectivity index (χ1) is 8.00. The average molecular weight is 241 g/mol. The highest BCUT2D eigenvalue weighted by Gasteiger charge is 2.32. The predicted octanol–water partition coefficient (Wildman–Crippen LogP) is 2.01. The van der Waals surface area contributed by atoms with Crippen LogP contribution in [0.1, 0.15) is 23.6 Å². The van der Waals surface area contributed by atoms with E-state index in [1.165, 1.54) is 19.1 Å². The van der Waals surface area contributed by atoms with E-state index in [1.54, 1.807) is 0 Å². The van der Waals surface area contributed by atoms with Crippen LogP contribution >= 0.6 is 0 Å². The Morgan fingerprint density at radius 1 is 1.41 bits per heavy atom. The van der Waals surface area contributed by atoms with Gasteiger partial charge in [-0.2, -0.15) is 0 Å². The van der Waals surface area contributed by atoms with Gasteiger partial charge in [-0.05, 0) is 18.9 Å². The quantitative estimate of drug-likeness (QED) is 0.832. The highest BCUT2D eigenvalue weighted by molar-refractivity contribution is 5.70. The molecule has 3 nitrogen and oxygen atoms in total. The Bertz CT molecular complexity index is 462. The average Bonchev–Trinajstić information content (AvgIpc) is 2.75. The van der Waals surface area contributed by atoms with E-state index in [1.807, 2.05) is 0 Å². The van der Waals surface area contributed by atoms with Crippen LogP contribution in [0, 0.1) is 24.5 Å². The standard InChI is InChI=1S/C12H13F2NO2/c1-6-2-3-8(11(14)10(6)13)9-4-7(5-15-9)12(16)17/h2-3,7,9,15H,4-5H2,1H3,(H,16,17). The molecule has 1 aliphatic heterocycles. The third-order valence-electron chi connectivity index (χ3n) is 3.16. The number of hydrogen-bond donors (Lipinski definition) is 2. The topological polar surface area (TPSA) is 49.3 Å². The van der Waals surface area contributed by atoms with Gasteiger partial charge in [-0.15, -0.1) is 0 Å². The first-order valence-electron chi connectivity index (χ1n) is 5.41. The fourth-order valence-corrected chi connectivity index (χ4v) is 2.09. The summed E-state index contributed by atoms with van der Waals surface area (Å²) >= 11 is 0. The molecule has 0 aromatic heterocycles. The van der Waals surface area contributed by atoms with Crippen LogP contribution in [0.2, 0.25) is 0 Å². The van der Waals surface area contributed by atoms with E-state index >= 15 is 0 Å². The van der Waals surface area contributed by atoms with Gasteiger partial charge in [-0.1, -0.05) is 12.1 Å². The number of benzene rings is 1. The molecular weight excluding hydrogens is 228 g/mol. The fraction of sp³-hybridized carbons (Fsp3) is 0.417. The van der Waals surface area contributed by atoms with Gasteiger partial charge in [0.15, 0.2) is 11.6 Å². The fourth-order valence-electron chi connectivity index (χ4n) is 2.09. The van der Waals surface area contributed by atoms with Gasteiger partial charge in [-0.3, -0.25) is 4.79 Å². The van der Waals surface area contributed by atoms with Crippen LogP contribution in [-0.2, 0) is 4.79 Å². The minimum atomic E-state index is -0.909. The molecule has 1 fully saturated rings. The highest BCUT2D eigenvalue weighted by Crippen LogP contribution is 2.30. The van der Waals surface area contributed by atoms with Crippen molar-refractivity contribution in [3.63, 3.8) is 0 Å². The molecule has 2 unspecified atom stereocenters. The van der Waals surface area contributed by atoms with Crippen LogP contribution in [0.5, 0.6) is 0 Å². The second kappa shape index (κ2) is 4.41. The van der Waals surface area contributed by atoms with Crippen LogP contribution in [0.3, 0.4) is 0 Å². The SMILES string of the molecule is Cc1ccc(C2CC(C(=O)O)CN2)c(F)c1F. The number of aliphatic carboxylic acids is 1. The summed E-state index contributed by atoms with van der Waals surface area (Å²) in [6.07, 6.45) is 0.286. The normalized spacial score (nSPS) is 23.9. The van der Waals surface area contributed by atoms with Gasteiger partial charge in [-0.25, -0.2) is 8.78 Å². The van der Waals surface area contributed by atoms with Crippen LogP contribution in [0.25, 0.3) is 0 Å². The van der Waals surface area contributed by atoms with Crippen LogP contribution in [0.4, 0.5) is 8.78 Å². The Balaban J connectivity index is 2.25. The van der Waals surface area contributed by atoms with E-state index < -0.39 is 29.6 Å². The zero-order chi connectivity index (χ0) is 12.6. The Morgan fingerprint density at radius 3 is 2.71 bits per heavy atom. The number of aryl methyl sites for hydroxylation is 1. The van der Waals surface area contributed by atoms with Gasteiger partial charge < -0.3 is 10.4 Å². The maximum atomic E-state index is 13.7. The summed E-state index contributed by atoms with van der Waals surface area (Å²) in [4.78, 5) is 10.8. The largest absolute Gasteiger partial charge is 0.481 e. The van der Waals surface area contributed by atoms with Crippen molar-refractivity contribution in [1.82, 2.24) is 5.32 Å². The van der Waals surface area contributed by atoms with Gasteiger partial charge in [0.1, 0.15) is 0 Å². The molecule has 5 heteroatoms. The molecule has 1 aliphatic rings. The molecule has 1 aromatic carbocycles. The number of nitrogens with one attached hydrogen (secondary N) is 1. The summed E-state index contributed by atoms with van der Waals surface area (Å²) in [7, 11) is 0. The number of carbonyl (C=O) groups is 1. The summed E-state index contributed by atoms with van der Waals surface area (Å²) in [5, 5.41) is 11.7. The van der Waals surface area contributed by atoms with Gasteiger partial charge in [0, 0.05) is 18.2 Å². The minimum Gasteiger partial charge on any atom is -0.481 e. The minimum absolute atomic E-state index is 0.205. The zero-order valence-electron chi connectivity index (χ0n) is 9.34. The van der Waals surface area contributed by atoms with Gasteiger partial charge in [0.2, 0.25) is 0 Å². The Morgan fingerprint density at radius 2 is 2.12 bits per heavy atom. The lowest BCUT2D eigenvalue weighted by Gasteiger charge is -2.13. The molecule has 2 rings (SSSR count). The van der Waals surface area contributed by atoms with E-state index in [0.717, 1.165) is 0 Å². The summed E-state index contributed by atoms with van der Waals surface area (Å²) in [5.74, 6) is -3.19. The highest BCUT2D eigenvalue weighted by atomic mass is 19.2. The molecule has 2 N–H and O–H groups in total. The molecule has 17 heavy (non-hydrogen) atoms. The molecule has 1 saturated heterocycles. The first kappa shape index (κ1) is 12.0. The molecule has 1 heterocycles. The van der Waals surface area contributed by atoms with Crippen molar-refractivity contribution in [2.24, 2.45) is 5.92 Å². The second-order valence-electron chi connectivity index (χ2n) is 4.33. The van der Waals surface area contributed by atoms with Crippen molar-refractivity contribution in [3.05, 3.63) is 34.9 Å². The van der Waals surface area contributed by atoms with Crippen molar-refractivity contribution >= 4 is 5.97 Å². The Labute approximate surface area is 97.5 Å². The number of carboxylic acid groups (broad SMARTS) is 1. The van der Waals surface area contributed by atoms with Gasteiger partial charge in [0.25, 0.3) is 0 Å². The molecule has 0 saturated carbocycles. The summed E-state index contributed by atoms with van der Waals surface area (Å²) in [6, 6.07) is 2.59. The van der Waals surface area contributed by atoms with Crippen LogP contribution < -0.4 is 5.32 Å². The van der Waals surface area contributed by atoms with Crippen molar-refractivity contribution in [2.75, 3.05) is 6.54 Å². The first-order valence-corrected chi connectivity index (χ1v) is 5.41. The monoisotopic (exact) mass is 241 g/mol. The van der Waals surface area contributed by atoms with Crippen molar-refractivity contribution in [2.45, 2.75) is 19.4 Å². The van der Waals surface area contributed by atoms with Gasteiger partial charge >= 0.3 is 5.97 Å². The molecule has 0 aliphatic carbocycles. The second-order valence-corrected chi connectivity index (χ2v) is 4.33. The van der Waals surface area contributed by atoms with Crippen LogP contribution in [0.15, 0.2) is 12.1 Å². The smallest absolute Gasteiger partial charge is 0.307 e. The lowest BCUT2D eigenvalue weighted by atomic mass is 9.98. The van der Waals surface area contributed by atoms with Crippen LogP contribution in [-0.4, -0.2) is 17.6 Å². The molecule has 0 bridgehead atoms. The van der Waals surface area contributed by atoms with Gasteiger partial charge in [0.05, 0.1) is 5.92 Å². The molecule has 0 radical (unpaired) electrons.